The van der Waals surface area contributed by atoms with Crippen LogP contribution in [0.4, 0.5) is 10.1 Å². The molecule has 0 spiro atoms. The summed E-state index contributed by atoms with van der Waals surface area (Å²) in [6, 6.07) is 10.7. The molecule has 0 atom stereocenters. The average molecular weight is 424 g/mol. The Morgan fingerprint density at radius 3 is 2.75 bits per heavy atom. The van der Waals surface area contributed by atoms with E-state index < -0.39 is 15.8 Å². The Kier molecular flexibility index (Phi) is 6.33. The Morgan fingerprint density at radius 2 is 1.96 bits per heavy atom. The summed E-state index contributed by atoms with van der Waals surface area (Å²) in [5.41, 5.74) is 1.66. The highest BCUT2D eigenvalue weighted by Crippen LogP contribution is 2.25. The number of halogens is 2. The molecular formula is C19H19ClFN3O3S. The van der Waals surface area contributed by atoms with Crippen molar-refractivity contribution in [2.45, 2.75) is 11.3 Å². The SMILES string of the molecule is COc1ccc(F)cc1S(=O)(=O)NCCCNc1ccnc2cc(Cl)ccc12. The van der Waals surface area contributed by atoms with E-state index in [2.05, 4.69) is 15.0 Å². The van der Waals surface area contributed by atoms with E-state index in [4.69, 9.17) is 16.3 Å². The van der Waals surface area contributed by atoms with E-state index in [1.807, 2.05) is 12.1 Å². The summed E-state index contributed by atoms with van der Waals surface area (Å²) >= 11 is 5.98. The third-order valence-corrected chi connectivity index (χ3v) is 5.80. The minimum absolute atomic E-state index is 0.0916. The lowest BCUT2D eigenvalue weighted by atomic mass is 10.2. The van der Waals surface area contributed by atoms with Crippen molar-refractivity contribution in [2.24, 2.45) is 0 Å². The third-order valence-electron chi connectivity index (χ3n) is 4.08. The van der Waals surface area contributed by atoms with Crippen molar-refractivity contribution >= 4 is 38.2 Å². The second-order valence-corrected chi connectivity index (χ2v) is 8.17. The minimum Gasteiger partial charge on any atom is -0.495 e. The molecule has 0 amide bonds. The molecule has 148 valence electrons. The molecule has 2 N–H and O–H groups in total. The van der Waals surface area contributed by atoms with Crippen LogP contribution in [0.15, 0.2) is 53.6 Å². The highest BCUT2D eigenvalue weighted by Gasteiger charge is 2.19. The number of anilines is 1. The number of sulfonamides is 1. The quantitative estimate of drug-likeness (QED) is 0.538. The first-order valence-corrected chi connectivity index (χ1v) is 10.4. The normalized spacial score (nSPS) is 11.5. The highest BCUT2D eigenvalue weighted by molar-refractivity contribution is 7.89. The van der Waals surface area contributed by atoms with Crippen molar-refractivity contribution < 1.29 is 17.5 Å². The molecule has 3 rings (SSSR count). The number of hydrogen-bond acceptors (Lipinski definition) is 5. The van der Waals surface area contributed by atoms with E-state index in [1.165, 1.54) is 13.2 Å². The molecule has 0 saturated heterocycles. The lowest BCUT2D eigenvalue weighted by Gasteiger charge is -2.12. The van der Waals surface area contributed by atoms with Crippen LogP contribution in [0.25, 0.3) is 10.9 Å². The van der Waals surface area contributed by atoms with Gasteiger partial charge in [-0.2, -0.15) is 0 Å². The van der Waals surface area contributed by atoms with E-state index in [-0.39, 0.29) is 17.2 Å². The molecular weight excluding hydrogens is 405 g/mol. The first kappa shape index (κ1) is 20.3. The fourth-order valence-corrected chi connectivity index (χ4v) is 4.15. The van der Waals surface area contributed by atoms with E-state index in [9.17, 15) is 12.8 Å². The van der Waals surface area contributed by atoms with Gasteiger partial charge in [-0.05, 0) is 48.9 Å². The van der Waals surface area contributed by atoms with Crippen LogP contribution in [-0.2, 0) is 10.0 Å². The molecule has 0 aliphatic carbocycles. The van der Waals surface area contributed by atoms with Crippen molar-refractivity contribution in [3.05, 3.63) is 59.5 Å². The van der Waals surface area contributed by atoms with Gasteiger partial charge in [-0.15, -0.1) is 0 Å². The number of methoxy groups -OCH3 is 1. The number of nitrogens with one attached hydrogen (secondary N) is 2. The summed E-state index contributed by atoms with van der Waals surface area (Å²) in [6.07, 6.45) is 2.20. The maximum atomic E-state index is 13.4. The van der Waals surface area contributed by atoms with Crippen LogP contribution in [0.1, 0.15) is 6.42 Å². The van der Waals surface area contributed by atoms with Gasteiger partial charge in [-0.1, -0.05) is 11.6 Å². The highest BCUT2D eigenvalue weighted by atomic mass is 35.5. The molecule has 0 aliphatic rings. The molecule has 0 saturated carbocycles. The van der Waals surface area contributed by atoms with Crippen LogP contribution in [0, 0.1) is 5.82 Å². The van der Waals surface area contributed by atoms with E-state index in [0.29, 0.717) is 18.0 Å². The van der Waals surface area contributed by atoms with Gasteiger partial charge in [-0.25, -0.2) is 17.5 Å². The topological polar surface area (TPSA) is 80.3 Å². The number of aromatic nitrogens is 1. The molecule has 0 unspecified atom stereocenters. The summed E-state index contributed by atoms with van der Waals surface area (Å²) < 4.78 is 45.7. The first-order valence-electron chi connectivity index (χ1n) is 8.52. The number of pyridine rings is 1. The van der Waals surface area contributed by atoms with Gasteiger partial charge in [-0.3, -0.25) is 4.98 Å². The first-order chi connectivity index (χ1) is 13.4. The zero-order chi connectivity index (χ0) is 20.1. The third kappa shape index (κ3) is 4.70. The standard InChI is InChI=1S/C19H19ClFN3O3S/c1-27-18-6-4-14(21)12-19(18)28(25,26)24-9-2-8-22-16-7-10-23-17-11-13(20)3-5-15(16)17/h3-7,10-12,24H,2,8-9H2,1H3,(H,22,23). The molecule has 28 heavy (non-hydrogen) atoms. The summed E-state index contributed by atoms with van der Waals surface area (Å²) in [5.74, 6) is -0.554. The largest absolute Gasteiger partial charge is 0.495 e. The van der Waals surface area contributed by atoms with Crippen molar-refractivity contribution in [1.82, 2.24) is 9.71 Å². The van der Waals surface area contributed by atoms with Gasteiger partial charge in [0.2, 0.25) is 10.0 Å². The van der Waals surface area contributed by atoms with Gasteiger partial charge in [0.15, 0.2) is 0 Å². The Labute approximate surface area is 167 Å². The van der Waals surface area contributed by atoms with Crippen LogP contribution in [-0.4, -0.2) is 33.6 Å². The van der Waals surface area contributed by atoms with Crippen LogP contribution in [0.3, 0.4) is 0 Å². The Morgan fingerprint density at radius 1 is 1.14 bits per heavy atom. The van der Waals surface area contributed by atoms with Gasteiger partial charge in [0.05, 0.1) is 12.6 Å². The zero-order valence-corrected chi connectivity index (χ0v) is 16.6. The van der Waals surface area contributed by atoms with Gasteiger partial charge in [0.25, 0.3) is 0 Å². The molecule has 1 aromatic heterocycles. The van der Waals surface area contributed by atoms with Gasteiger partial charge in [0.1, 0.15) is 16.5 Å². The minimum atomic E-state index is -3.88. The predicted octanol–water partition coefficient (Wildman–Crippen LogP) is 3.82. The molecule has 0 fully saturated rings. The Hall–Kier alpha value is -2.42. The number of fused-ring (bicyclic) bond motifs is 1. The van der Waals surface area contributed by atoms with Gasteiger partial charge >= 0.3 is 0 Å². The van der Waals surface area contributed by atoms with Gasteiger partial charge in [0, 0.05) is 35.4 Å². The average Bonchev–Trinajstić information content (AvgIpc) is 2.67. The van der Waals surface area contributed by atoms with Crippen molar-refractivity contribution in [2.75, 3.05) is 25.5 Å². The van der Waals surface area contributed by atoms with Crippen LogP contribution >= 0.6 is 11.6 Å². The molecule has 3 aromatic rings. The van der Waals surface area contributed by atoms with Crippen molar-refractivity contribution in [3.8, 4) is 5.75 Å². The van der Waals surface area contributed by atoms with Crippen LogP contribution in [0.5, 0.6) is 5.75 Å². The summed E-state index contributed by atoms with van der Waals surface area (Å²) in [7, 11) is -2.54. The molecule has 0 aliphatic heterocycles. The molecule has 0 radical (unpaired) electrons. The zero-order valence-electron chi connectivity index (χ0n) is 15.1. The summed E-state index contributed by atoms with van der Waals surface area (Å²) in [4.78, 5) is 4.06. The fourth-order valence-electron chi connectivity index (χ4n) is 2.73. The second-order valence-electron chi connectivity index (χ2n) is 5.99. The summed E-state index contributed by atoms with van der Waals surface area (Å²) in [6.45, 7) is 0.717. The van der Waals surface area contributed by atoms with Crippen LogP contribution in [0.2, 0.25) is 5.02 Å². The molecule has 9 heteroatoms. The van der Waals surface area contributed by atoms with Crippen molar-refractivity contribution in [3.63, 3.8) is 0 Å². The fraction of sp³-hybridized carbons (Fsp3) is 0.211. The van der Waals surface area contributed by atoms with E-state index in [1.54, 1.807) is 18.3 Å². The molecule has 2 aromatic carbocycles. The van der Waals surface area contributed by atoms with E-state index >= 15 is 0 Å². The molecule has 0 bridgehead atoms. The Bertz CT molecular complexity index is 1090. The molecule has 6 nitrogen and oxygen atoms in total. The second kappa shape index (κ2) is 8.72. The number of rotatable bonds is 8. The smallest absolute Gasteiger partial charge is 0.244 e. The lowest BCUT2D eigenvalue weighted by molar-refractivity contribution is 0.400. The maximum Gasteiger partial charge on any atom is 0.244 e. The lowest BCUT2D eigenvalue weighted by Crippen LogP contribution is -2.26. The number of hydrogen-bond donors (Lipinski definition) is 2. The maximum absolute atomic E-state index is 13.4. The summed E-state index contributed by atoms with van der Waals surface area (Å²) in [5, 5.41) is 4.80. The van der Waals surface area contributed by atoms with Crippen molar-refractivity contribution in [1.29, 1.82) is 0 Å². The number of benzene rings is 2. The monoisotopic (exact) mass is 423 g/mol. The number of nitrogens with zero attached hydrogens (tertiary/aromatic N) is 1. The van der Waals surface area contributed by atoms with E-state index in [0.717, 1.165) is 28.7 Å². The van der Waals surface area contributed by atoms with Gasteiger partial charge < -0.3 is 10.1 Å². The Balaban J connectivity index is 1.59. The predicted molar refractivity (Wildman–Crippen MR) is 108 cm³/mol. The molecule has 1 heterocycles. The van der Waals surface area contributed by atoms with Crippen LogP contribution < -0.4 is 14.8 Å². The number of ether oxygens (including phenoxy) is 1.